The number of benzene rings is 12. The van der Waals surface area contributed by atoms with E-state index in [9.17, 15) is 0 Å². The monoisotopic (exact) mass is 954 g/mol. The zero-order valence-electron chi connectivity index (χ0n) is 41.3. The van der Waals surface area contributed by atoms with Crippen molar-refractivity contribution in [2.45, 2.75) is 5.41 Å². The van der Waals surface area contributed by atoms with Crippen LogP contribution in [0.4, 0.5) is 17.1 Å². The average molecular weight is 955 g/mol. The van der Waals surface area contributed by atoms with Gasteiger partial charge in [-0.2, -0.15) is 0 Å². The normalized spacial score (nSPS) is 12.4. The van der Waals surface area contributed by atoms with E-state index in [0.29, 0.717) is 0 Å². The average Bonchev–Trinajstić information content (AvgIpc) is 4.00. The fourth-order valence-corrected chi connectivity index (χ4v) is 12.4. The molecule has 13 aromatic rings. The highest BCUT2D eigenvalue weighted by atomic mass is 15.1. The lowest BCUT2D eigenvalue weighted by molar-refractivity contribution is 0.768. The van der Waals surface area contributed by atoms with Gasteiger partial charge in [-0.1, -0.05) is 261 Å². The highest BCUT2D eigenvalue weighted by molar-refractivity contribution is 6.10. The summed E-state index contributed by atoms with van der Waals surface area (Å²) >= 11 is 0. The Morgan fingerprint density at radius 1 is 0.267 bits per heavy atom. The summed E-state index contributed by atoms with van der Waals surface area (Å²) in [6.07, 6.45) is 0. The number of anilines is 3. The molecule has 1 heterocycles. The molecule has 0 saturated carbocycles. The minimum absolute atomic E-state index is 0.578. The first-order valence-corrected chi connectivity index (χ1v) is 25.9. The SMILES string of the molecule is c1ccc(-c2ccccc2-c2c(-c3ccccc3)cccc2N(c2ccc(-c3ccccc3-n3c4ccccc4c4ccccc43)cc2)c2cccc3c2-c2ccccc2C3(c2ccccc2)c2ccccc2)cc1. The van der Waals surface area contributed by atoms with Crippen LogP contribution >= 0.6 is 0 Å². The molecular formula is C73H50N2. The molecule has 0 aliphatic heterocycles. The molecule has 0 N–H and O–H groups in total. The van der Waals surface area contributed by atoms with Gasteiger partial charge in [0.1, 0.15) is 0 Å². The number of rotatable bonds is 10. The molecule has 0 atom stereocenters. The molecule has 1 aliphatic carbocycles. The Morgan fingerprint density at radius 2 is 0.693 bits per heavy atom. The van der Waals surface area contributed by atoms with Gasteiger partial charge in [0.25, 0.3) is 0 Å². The molecule has 12 aromatic carbocycles. The summed E-state index contributed by atoms with van der Waals surface area (Å²) in [4.78, 5) is 2.55. The number of hydrogen-bond acceptors (Lipinski definition) is 1. The van der Waals surface area contributed by atoms with Gasteiger partial charge in [0.05, 0.1) is 33.5 Å². The van der Waals surface area contributed by atoms with Crippen LogP contribution in [-0.4, -0.2) is 4.57 Å². The van der Waals surface area contributed by atoms with Gasteiger partial charge < -0.3 is 9.47 Å². The Kier molecular flexibility index (Phi) is 10.8. The van der Waals surface area contributed by atoms with Crippen molar-refractivity contribution in [3.05, 3.63) is 326 Å². The Balaban J connectivity index is 1.05. The van der Waals surface area contributed by atoms with E-state index in [1.807, 2.05) is 0 Å². The number of hydrogen-bond donors (Lipinski definition) is 0. The summed E-state index contributed by atoms with van der Waals surface area (Å²) in [7, 11) is 0. The molecule has 2 heteroatoms. The Hall–Kier alpha value is -9.76. The third-order valence-corrected chi connectivity index (χ3v) is 15.5. The molecule has 0 radical (unpaired) electrons. The molecule has 352 valence electrons. The van der Waals surface area contributed by atoms with Crippen molar-refractivity contribution in [2.75, 3.05) is 4.90 Å². The molecule has 1 aromatic heterocycles. The van der Waals surface area contributed by atoms with Crippen molar-refractivity contribution >= 4 is 38.9 Å². The van der Waals surface area contributed by atoms with Crippen molar-refractivity contribution in [2.24, 2.45) is 0 Å². The third kappa shape index (κ3) is 7.10. The van der Waals surface area contributed by atoms with Crippen molar-refractivity contribution in [1.29, 1.82) is 0 Å². The lowest BCUT2D eigenvalue weighted by atomic mass is 9.68. The van der Waals surface area contributed by atoms with E-state index in [-0.39, 0.29) is 0 Å². The molecule has 75 heavy (non-hydrogen) atoms. The third-order valence-electron chi connectivity index (χ3n) is 15.5. The van der Waals surface area contributed by atoms with Gasteiger partial charge in [-0.05, 0) is 104 Å². The lowest BCUT2D eigenvalue weighted by Crippen LogP contribution is -2.28. The summed E-state index contributed by atoms with van der Waals surface area (Å²) in [6.45, 7) is 0. The highest BCUT2D eigenvalue weighted by Crippen LogP contribution is 2.60. The summed E-state index contributed by atoms with van der Waals surface area (Å²) < 4.78 is 2.43. The molecule has 0 fully saturated rings. The van der Waals surface area contributed by atoms with Crippen molar-refractivity contribution in [3.63, 3.8) is 0 Å². The van der Waals surface area contributed by atoms with Crippen LogP contribution in [0.1, 0.15) is 22.3 Å². The van der Waals surface area contributed by atoms with Crippen LogP contribution < -0.4 is 4.90 Å². The Labute approximate surface area is 438 Å². The van der Waals surface area contributed by atoms with Crippen LogP contribution in [0.5, 0.6) is 0 Å². The second kappa shape index (κ2) is 18.4. The summed E-state index contributed by atoms with van der Waals surface area (Å²) in [5.41, 5.74) is 22.9. The largest absolute Gasteiger partial charge is 0.309 e. The fourth-order valence-electron chi connectivity index (χ4n) is 12.4. The second-order valence-corrected chi connectivity index (χ2v) is 19.5. The highest BCUT2D eigenvalue weighted by Gasteiger charge is 2.47. The van der Waals surface area contributed by atoms with E-state index in [4.69, 9.17) is 0 Å². The molecule has 2 nitrogen and oxygen atoms in total. The minimum atomic E-state index is -0.578. The van der Waals surface area contributed by atoms with E-state index >= 15 is 0 Å². The van der Waals surface area contributed by atoms with E-state index in [1.54, 1.807) is 0 Å². The summed E-state index contributed by atoms with van der Waals surface area (Å²) in [5.74, 6) is 0. The predicted octanol–water partition coefficient (Wildman–Crippen LogP) is 19.3. The quantitative estimate of drug-likeness (QED) is 0.133. The molecular weight excluding hydrogens is 905 g/mol. The molecule has 14 rings (SSSR count). The lowest BCUT2D eigenvalue weighted by Gasteiger charge is -2.35. The zero-order valence-corrected chi connectivity index (χ0v) is 41.3. The van der Waals surface area contributed by atoms with Crippen LogP contribution in [-0.2, 0) is 5.41 Å². The molecule has 0 amide bonds. The van der Waals surface area contributed by atoms with Gasteiger partial charge in [-0.25, -0.2) is 0 Å². The second-order valence-electron chi connectivity index (χ2n) is 19.5. The first-order chi connectivity index (χ1) is 37.3. The number of para-hydroxylation sites is 3. The van der Waals surface area contributed by atoms with E-state index in [1.165, 1.54) is 66.3 Å². The number of nitrogens with zero attached hydrogens (tertiary/aromatic N) is 2. The predicted molar refractivity (Wildman–Crippen MR) is 315 cm³/mol. The van der Waals surface area contributed by atoms with E-state index in [0.717, 1.165) is 56.1 Å². The first-order valence-electron chi connectivity index (χ1n) is 25.9. The van der Waals surface area contributed by atoms with Crippen LogP contribution in [0.3, 0.4) is 0 Å². The summed E-state index contributed by atoms with van der Waals surface area (Å²) in [5, 5.41) is 2.49. The maximum absolute atomic E-state index is 2.55. The van der Waals surface area contributed by atoms with Crippen molar-refractivity contribution in [3.8, 4) is 61.3 Å². The van der Waals surface area contributed by atoms with Crippen LogP contribution in [0, 0.1) is 0 Å². The van der Waals surface area contributed by atoms with Crippen LogP contribution in [0.2, 0.25) is 0 Å². The maximum Gasteiger partial charge on any atom is 0.0714 e. The fraction of sp³-hybridized carbons (Fsp3) is 0.0137. The van der Waals surface area contributed by atoms with Gasteiger partial charge >= 0.3 is 0 Å². The molecule has 0 unspecified atom stereocenters. The minimum Gasteiger partial charge on any atom is -0.309 e. The van der Waals surface area contributed by atoms with Crippen LogP contribution in [0.15, 0.2) is 303 Å². The summed E-state index contributed by atoms with van der Waals surface area (Å²) in [6, 6.07) is 112. The van der Waals surface area contributed by atoms with Crippen molar-refractivity contribution in [1.82, 2.24) is 4.57 Å². The molecule has 0 saturated heterocycles. The first kappa shape index (κ1) is 44.0. The Bertz CT molecular complexity index is 4120. The number of fused-ring (bicyclic) bond motifs is 6. The van der Waals surface area contributed by atoms with Crippen molar-refractivity contribution < 1.29 is 0 Å². The van der Waals surface area contributed by atoms with Gasteiger partial charge in [-0.3, -0.25) is 0 Å². The van der Waals surface area contributed by atoms with E-state index in [2.05, 4.69) is 313 Å². The maximum atomic E-state index is 2.55. The topological polar surface area (TPSA) is 8.17 Å². The molecule has 1 aliphatic rings. The van der Waals surface area contributed by atoms with Gasteiger partial charge in [0.15, 0.2) is 0 Å². The standard InChI is InChI=1S/C73H50N2/c1-5-25-51(26-6-1)57-33-13-14-37-62(57)71-59(52-27-7-2-8-28-52)39-23-45-69(71)74(56-49-47-53(48-50-56)58-34-16-20-42-66(58)75-67-43-21-17-35-60(67)61-36-18-22-44-68(61)75)70-46-24-41-65-72(70)63-38-15-19-40-64(63)73(65,54-29-9-3-10-30-54)55-31-11-4-12-32-55/h1-50H. The molecule has 0 spiro atoms. The van der Waals surface area contributed by atoms with Gasteiger partial charge in [0, 0.05) is 33.2 Å². The van der Waals surface area contributed by atoms with E-state index < -0.39 is 5.41 Å². The van der Waals surface area contributed by atoms with Gasteiger partial charge in [-0.15, -0.1) is 0 Å². The van der Waals surface area contributed by atoms with Crippen LogP contribution in [0.25, 0.3) is 83.1 Å². The zero-order chi connectivity index (χ0) is 49.7. The number of aromatic nitrogens is 1. The van der Waals surface area contributed by atoms with Gasteiger partial charge in [0.2, 0.25) is 0 Å². The Morgan fingerprint density at radius 3 is 1.32 bits per heavy atom. The molecule has 0 bridgehead atoms. The smallest absolute Gasteiger partial charge is 0.0714 e.